The van der Waals surface area contributed by atoms with Crippen LogP contribution in [-0.2, 0) is 11.3 Å². The molecule has 0 saturated heterocycles. The molecule has 3 N–H and O–H groups in total. The smallest absolute Gasteiger partial charge is 0.337 e. The van der Waals surface area contributed by atoms with E-state index in [4.69, 9.17) is 10.5 Å². The van der Waals surface area contributed by atoms with Crippen LogP contribution in [0.25, 0.3) is 0 Å². The monoisotopic (exact) mass is 247 g/mol. The lowest BCUT2D eigenvalue weighted by Crippen LogP contribution is -2.03. The number of benzene rings is 1. The fourth-order valence-corrected chi connectivity index (χ4v) is 1.45. The molecule has 1 aromatic heterocycles. The molecule has 1 heterocycles. The van der Waals surface area contributed by atoms with E-state index in [2.05, 4.69) is 14.9 Å². The minimum atomic E-state index is -0.374. The first-order chi connectivity index (χ1) is 8.69. The SMILES string of the molecule is COC(=O)c1cccc(COc2cc(N)[nH]n2)c1. The molecule has 0 aliphatic heterocycles. The summed E-state index contributed by atoms with van der Waals surface area (Å²) in [4.78, 5) is 11.3. The van der Waals surface area contributed by atoms with Crippen molar-refractivity contribution in [2.75, 3.05) is 12.8 Å². The zero-order chi connectivity index (χ0) is 13.0. The Bertz CT molecular complexity index is 551. The molecule has 2 aromatic rings. The minimum absolute atomic E-state index is 0.301. The number of nitrogens with one attached hydrogen (secondary N) is 1. The molecule has 2 rings (SSSR count). The van der Waals surface area contributed by atoms with Crippen LogP contribution in [0.2, 0.25) is 0 Å². The summed E-state index contributed by atoms with van der Waals surface area (Å²) in [5, 5.41) is 6.41. The van der Waals surface area contributed by atoms with Crippen molar-refractivity contribution in [1.29, 1.82) is 0 Å². The van der Waals surface area contributed by atoms with Crippen molar-refractivity contribution in [3.05, 3.63) is 41.5 Å². The number of carbonyl (C=O) groups is 1. The van der Waals surface area contributed by atoms with E-state index < -0.39 is 0 Å². The van der Waals surface area contributed by atoms with Crippen molar-refractivity contribution in [2.24, 2.45) is 0 Å². The Balaban J connectivity index is 2.03. The molecule has 6 heteroatoms. The molecular formula is C12H13N3O3. The number of methoxy groups -OCH3 is 1. The van der Waals surface area contributed by atoms with Crippen LogP contribution >= 0.6 is 0 Å². The van der Waals surface area contributed by atoms with Gasteiger partial charge >= 0.3 is 5.97 Å². The van der Waals surface area contributed by atoms with Gasteiger partial charge in [-0.3, -0.25) is 5.10 Å². The average molecular weight is 247 g/mol. The van der Waals surface area contributed by atoms with Gasteiger partial charge in [0, 0.05) is 6.07 Å². The maximum absolute atomic E-state index is 11.3. The van der Waals surface area contributed by atoms with Crippen molar-refractivity contribution in [2.45, 2.75) is 6.61 Å². The van der Waals surface area contributed by atoms with E-state index >= 15 is 0 Å². The van der Waals surface area contributed by atoms with Crippen molar-refractivity contribution >= 4 is 11.8 Å². The van der Waals surface area contributed by atoms with E-state index in [0.29, 0.717) is 23.9 Å². The fourth-order valence-electron chi connectivity index (χ4n) is 1.45. The second kappa shape index (κ2) is 5.22. The second-order valence-corrected chi connectivity index (χ2v) is 3.64. The highest BCUT2D eigenvalue weighted by atomic mass is 16.5. The normalized spacial score (nSPS) is 10.1. The van der Waals surface area contributed by atoms with Gasteiger partial charge in [-0.15, -0.1) is 5.10 Å². The highest BCUT2D eigenvalue weighted by Gasteiger charge is 2.06. The van der Waals surface area contributed by atoms with E-state index in [1.807, 2.05) is 6.07 Å². The minimum Gasteiger partial charge on any atom is -0.472 e. The summed E-state index contributed by atoms with van der Waals surface area (Å²) in [6.07, 6.45) is 0. The Hall–Kier alpha value is -2.50. The van der Waals surface area contributed by atoms with Crippen molar-refractivity contribution < 1.29 is 14.3 Å². The van der Waals surface area contributed by atoms with E-state index in [1.54, 1.807) is 24.3 Å². The third kappa shape index (κ3) is 2.79. The van der Waals surface area contributed by atoms with Crippen LogP contribution in [0.1, 0.15) is 15.9 Å². The van der Waals surface area contributed by atoms with Gasteiger partial charge in [-0.2, -0.15) is 0 Å². The van der Waals surface area contributed by atoms with Crippen LogP contribution < -0.4 is 10.5 Å². The summed E-state index contributed by atoms with van der Waals surface area (Å²) in [6, 6.07) is 8.60. The maximum Gasteiger partial charge on any atom is 0.337 e. The summed E-state index contributed by atoms with van der Waals surface area (Å²) in [6.45, 7) is 0.301. The lowest BCUT2D eigenvalue weighted by molar-refractivity contribution is 0.0600. The second-order valence-electron chi connectivity index (χ2n) is 3.64. The highest BCUT2D eigenvalue weighted by molar-refractivity contribution is 5.89. The van der Waals surface area contributed by atoms with Crippen LogP contribution in [0, 0.1) is 0 Å². The maximum atomic E-state index is 11.3. The highest BCUT2D eigenvalue weighted by Crippen LogP contribution is 2.13. The number of aromatic nitrogens is 2. The van der Waals surface area contributed by atoms with Crippen LogP contribution in [0.15, 0.2) is 30.3 Å². The number of nitrogens with two attached hydrogens (primary N) is 1. The molecule has 0 bridgehead atoms. The predicted molar refractivity (Wildman–Crippen MR) is 65.1 cm³/mol. The molecular weight excluding hydrogens is 234 g/mol. The molecule has 18 heavy (non-hydrogen) atoms. The quantitative estimate of drug-likeness (QED) is 0.796. The number of nitrogen functional groups attached to an aromatic ring is 1. The number of carbonyl (C=O) groups excluding carboxylic acids is 1. The van der Waals surface area contributed by atoms with Crippen LogP contribution in [0.4, 0.5) is 5.82 Å². The van der Waals surface area contributed by atoms with Crippen molar-refractivity contribution in [3.8, 4) is 5.88 Å². The van der Waals surface area contributed by atoms with Gasteiger partial charge in [0.25, 0.3) is 0 Å². The molecule has 0 aliphatic carbocycles. The first kappa shape index (κ1) is 12.0. The molecule has 0 spiro atoms. The van der Waals surface area contributed by atoms with Crippen molar-refractivity contribution in [3.63, 3.8) is 0 Å². The molecule has 0 fully saturated rings. The number of H-pyrrole nitrogens is 1. The third-order valence-electron chi connectivity index (χ3n) is 2.31. The molecule has 0 amide bonds. The summed E-state index contributed by atoms with van der Waals surface area (Å²) in [5.41, 5.74) is 6.80. The van der Waals surface area contributed by atoms with Gasteiger partial charge < -0.3 is 15.2 Å². The predicted octanol–water partition coefficient (Wildman–Crippen LogP) is 1.36. The Morgan fingerprint density at radius 3 is 2.94 bits per heavy atom. The number of nitrogens with zero attached hydrogens (tertiary/aromatic N) is 1. The molecule has 0 atom stereocenters. The van der Waals surface area contributed by atoms with Gasteiger partial charge in [0.2, 0.25) is 5.88 Å². The van der Waals surface area contributed by atoms with Crippen LogP contribution in [-0.4, -0.2) is 23.3 Å². The van der Waals surface area contributed by atoms with E-state index in [9.17, 15) is 4.79 Å². The number of aromatic amines is 1. The van der Waals surface area contributed by atoms with E-state index in [0.717, 1.165) is 5.56 Å². The Kier molecular flexibility index (Phi) is 3.47. The topological polar surface area (TPSA) is 90.2 Å². The first-order valence-corrected chi connectivity index (χ1v) is 5.30. The lowest BCUT2D eigenvalue weighted by atomic mass is 10.1. The number of anilines is 1. The molecule has 0 radical (unpaired) electrons. The molecule has 6 nitrogen and oxygen atoms in total. The zero-order valence-electron chi connectivity index (χ0n) is 9.84. The standard InChI is InChI=1S/C12H13N3O3/c1-17-12(16)9-4-2-3-8(5-9)7-18-11-6-10(13)14-15-11/h2-6H,7H2,1H3,(H3,13,14,15). The Labute approximate surface area is 104 Å². The molecule has 1 aromatic carbocycles. The molecule has 0 unspecified atom stereocenters. The summed E-state index contributed by atoms with van der Waals surface area (Å²) in [7, 11) is 1.35. The van der Waals surface area contributed by atoms with Gasteiger partial charge in [-0.25, -0.2) is 4.79 Å². The fraction of sp³-hybridized carbons (Fsp3) is 0.167. The first-order valence-electron chi connectivity index (χ1n) is 5.30. The molecule has 0 saturated carbocycles. The number of hydrogen-bond donors (Lipinski definition) is 2. The summed E-state index contributed by atoms with van der Waals surface area (Å²) >= 11 is 0. The molecule has 94 valence electrons. The molecule has 0 aliphatic rings. The van der Waals surface area contributed by atoms with E-state index in [-0.39, 0.29) is 5.97 Å². The largest absolute Gasteiger partial charge is 0.472 e. The van der Waals surface area contributed by atoms with Gasteiger partial charge in [0.1, 0.15) is 12.4 Å². The van der Waals surface area contributed by atoms with Crippen LogP contribution in [0.5, 0.6) is 5.88 Å². The van der Waals surface area contributed by atoms with Gasteiger partial charge in [0.15, 0.2) is 0 Å². The van der Waals surface area contributed by atoms with Crippen molar-refractivity contribution in [1.82, 2.24) is 10.2 Å². The van der Waals surface area contributed by atoms with Crippen LogP contribution in [0.3, 0.4) is 0 Å². The number of esters is 1. The lowest BCUT2D eigenvalue weighted by Gasteiger charge is -2.04. The van der Waals surface area contributed by atoms with Gasteiger partial charge in [0.05, 0.1) is 12.7 Å². The average Bonchev–Trinajstić information content (AvgIpc) is 2.81. The van der Waals surface area contributed by atoms with Gasteiger partial charge in [-0.05, 0) is 17.7 Å². The Morgan fingerprint density at radius 1 is 1.44 bits per heavy atom. The van der Waals surface area contributed by atoms with Gasteiger partial charge in [-0.1, -0.05) is 12.1 Å². The Morgan fingerprint density at radius 2 is 2.28 bits per heavy atom. The third-order valence-corrected chi connectivity index (χ3v) is 2.31. The summed E-state index contributed by atoms with van der Waals surface area (Å²) in [5.74, 6) is 0.477. The summed E-state index contributed by atoms with van der Waals surface area (Å²) < 4.78 is 10.1. The number of hydrogen-bond acceptors (Lipinski definition) is 5. The number of rotatable bonds is 4. The van der Waals surface area contributed by atoms with E-state index in [1.165, 1.54) is 7.11 Å². The zero-order valence-corrected chi connectivity index (χ0v) is 9.84. The number of ether oxygens (including phenoxy) is 2.